The van der Waals surface area contributed by atoms with E-state index in [1.165, 1.54) is 21.5 Å². The fraction of sp³-hybridized carbons (Fsp3) is 0.480. The standard InChI is InChI=1S/C25H34N6O2S/c1-5-7-24(30-16-14-29(15-17-30)23-9-6-8-20(3)21(23)4)25-26-27-28-31(25)18-34(32,33)22-12-10-19(2)11-13-22/h6,8-13,24H,5,7,14-18H2,1-4H3/t24-/m0/s1. The van der Waals surface area contributed by atoms with Gasteiger partial charge in [-0.15, -0.1) is 5.10 Å². The number of hydrogen-bond donors (Lipinski definition) is 0. The first kappa shape index (κ1) is 24.3. The molecule has 0 aliphatic carbocycles. The SMILES string of the molecule is CCC[C@@H](c1nnnn1CS(=O)(=O)c1ccc(C)cc1)N1CCN(c2cccc(C)c2C)CC1. The molecule has 0 N–H and O–H groups in total. The normalized spacial score (nSPS) is 16.1. The first-order chi connectivity index (χ1) is 16.3. The summed E-state index contributed by atoms with van der Waals surface area (Å²) in [4.78, 5) is 5.12. The van der Waals surface area contributed by atoms with E-state index < -0.39 is 9.84 Å². The van der Waals surface area contributed by atoms with Gasteiger partial charge in [0, 0.05) is 31.9 Å². The van der Waals surface area contributed by atoms with Crippen LogP contribution in [0.5, 0.6) is 0 Å². The number of benzene rings is 2. The van der Waals surface area contributed by atoms with Crippen molar-refractivity contribution in [2.75, 3.05) is 31.1 Å². The van der Waals surface area contributed by atoms with Gasteiger partial charge in [0.25, 0.3) is 0 Å². The molecule has 9 heteroatoms. The number of nitrogens with zero attached hydrogens (tertiary/aromatic N) is 6. The highest BCUT2D eigenvalue weighted by molar-refractivity contribution is 7.90. The first-order valence-electron chi connectivity index (χ1n) is 11.9. The van der Waals surface area contributed by atoms with Crippen molar-refractivity contribution in [2.24, 2.45) is 0 Å². The van der Waals surface area contributed by atoms with Crippen molar-refractivity contribution in [3.63, 3.8) is 0 Å². The lowest BCUT2D eigenvalue weighted by atomic mass is 10.1. The van der Waals surface area contributed by atoms with Crippen LogP contribution in [0.1, 0.15) is 48.3 Å². The minimum Gasteiger partial charge on any atom is -0.369 e. The smallest absolute Gasteiger partial charge is 0.198 e. The van der Waals surface area contributed by atoms with Gasteiger partial charge in [-0.2, -0.15) is 0 Å². The molecule has 2 aromatic carbocycles. The number of aryl methyl sites for hydroxylation is 2. The fourth-order valence-electron chi connectivity index (χ4n) is 4.62. The Bertz CT molecular complexity index is 1210. The number of hydrogen-bond acceptors (Lipinski definition) is 7. The zero-order chi connectivity index (χ0) is 24.3. The van der Waals surface area contributed by atoms with Crippen molar-refractivity contribution >= 4 is 15.5 Å². The van der Waals surface area contributed by atoms with Crippen molar-refractivity contribution in [3.8, 4) is 0 Å². The molecule has 182 valence electrons. The Kier molecular flexibility index (Phi) is 7.33. The van der Waals surface area contributed by atoms with Crippen molar-refractivity contribution in [3.05, 3.63) is 65.0 Å². The zero-order valence-corrected chi connectivity index (χ0v) is 21.3. The third-order valence-electron chi connectivity index (χ3n) is 6.76. The Balaban J connectivity index is 1.51. The van der Waals surface area contributed by atoms with Crippen molar-refractivity contribution < 1.29 is 8.42 Å². The van der Waals surface area contributed by atoms with E-state index in [2.05, 4.69) is 64.3 Å². The molecule has 34 heavy (non-hydrogen) atoms. The van der Waals surface area contributed by atoms with Crippen LogP contribution >= 0.6 is 0 Å². The second-order valence-corrected chi connectivity index (χ2v) is 11.1. The van der Waals surface area contributed by atoms with Crippen LogP contribution in [0.4, 0.5) is 5.69 Å². The second kappa shape index (κ2) is 10.2. The molecule has 8 nitrogen and oxygen atoms in total. The molecule has 1 fully saturated rings. The molecular weight excluding hydrogens is 448 g/mol. The molecular formula is C25H34N6O2S. The quantitative estimate of drug-likeness (QED) is 0.484. The van der Waals surface area contributed by atoms with E-state index in [1.807, 2.05) is 19.1 Å². The summed E-state index contributed by atoms with van der Waals surface area (Å²) in [6.07, 6.45) is 1.83. The lowest BCUT2D eigenvalue weighted by molar-refractivity contribution is 0.165. The summed E-state index contributed by atoms with van der Waals surface area (Å²) in [6.45, 7) is 12.0. The minimum atomic E-state index is -3.56. The number of rotatable bonds is 8. The van der Waals surface area contributed by atoms with Crippen molar-refractivity contribution in [1.29, 1.82) is 0 Å². The van der Waals surface area contributed by atoms with E-state index in [9.17, 15) is 8.42 Å². The maximum Gasteiger partial charge on any atom is 0.198 e. The molecule has 1 saturated heterocycles. The maximum absolute atomic E-state index is 13.0. The molecule has 1 aliphatic rings. The molecule has 0 amide bonds. The Morgan fingerprint density at radius 2 is 1.68 bits per heavy atom. The fourth-order valence-corrected chi connectivity index (χ4v) is 5.83. The summed E-state index contributed by atoms with van der Waals surface area (Å²) < 4.78 is 27.5. The summed E-state index contributed by atoms with van der Waals surface area (Å²) in [5.74, 6) is 0.360. The number of anilines is 1. The van der Waals surface area contributed by atoms with Gasteiger partial charge >= 0.3 is 0 Å². The predicted molar refractivity (Wildman–Crippen MR) is 134 cm³/mol. The number of sulfone groups is 1. The topological polar surface area (TPSA) is 84.2 Å². The van der Waals surface area contributed by atoms with Crippen LogP contribution in [0.3, 0.4) is 0 Å². The molecule has 4 rings (SSSR count). The lowest BCUT2D eigenvalue weighted by Crippen LogP contribution is -2.48. The van der Waals surface area contributed by atoms with Crippen LogP contribution in [-0.4, -0.2) is 59.7 Å². The van der Waals surface area contributed by atoms with E-state index in [-0.39, 0.29) is 16.8 Å². The van der Waals surface area contributed by atoms with Crippen LogP contribution in [0.2, 0.25) is 0 Å². The van der Waals surface area contributed by atoms with Gasteiger partial charge in [-0.3, -0.25) is 4.90 Å². The van der Waals surface area contributed by atoms with Gasteiger partial charge in [0.2, 0.25) is 0 Å². The lowest BCUT2D eigenvalue weighted by Gasteiger charge is -2.40. The molecule has 2 heterocycles. The van der Waals surface area contributed by atoms with E-state index in [4.69, 9.17) is 0 Å². The highest BCUT2D eigenvalue weighted by Gasteiger charge is 2.30. The summed E-state index contributed by atoms with van der Waals surface area (Å²) in [5.41, 5.74) is 4.94. The van der Waals surface area contributed by atoms with E-state index in [1.54, 1.807) is 12.1 Å². The Labute approximate surface area is 202 Å². The van der Waals surface area contributed by atoms with Gasteiger partial charge in [-0.25, -0.2) is 13.1 Å². The average Bonchev–Trinajstić information content (AvgIpc) is 3.27. The summed E-state index contributed by atoms with van der Waals surface area (Å²) in [6, 6.07) is 13.3. The summed E-state index contributed by atoms with van der Waals surface area (Å²) in [7, 11) is -3.56. The van der Waals surface area contributed by atoms with E-state index >= 15 is 0 Å². The molecule has 0 bridgehead atoms. The van der Waals surface area contributed by atoms with Crippen molar-refractivity contribution in [1.82, 2.24) is 25.1 Å². The van der Waals surface area contributed by atoms with Gasteiger partial charge in [0.15, 0.2) is 21.5 Å². The second-order valence-electron chi connectivity index (χ2n) is 9.14. The maximum atomic E-state index is 13.0. The summed E-state index contributed by atoms with van der Waals surface area (Å²) >= 11 is 0. The van der Waals surface area contributed by atoms with E-state index in [0.29, 0.717) is 5.82 Å². The van der Waals surface area contributed by atoms with Crippen LogP contribution in [-0.2, 0) is 15.7 Å². The monoisotopic (exact) mass is 482 g/mol. The van der Waals surface area contributed by atoms with Gasteiger partial charge in [0.1, 0.15) is 0 Å². The Hall–Kier alpha value is -2.78. The molecule has 0 saturated carbocycles. The van der Waals surface area contributed by atoms with Gasteiger partial charge in [0.05, 0.1) is 10.9 Å². The molecule has 1 atom stereocenters. The molecule has 0 unspecified atom stereocenters. The first-order valence-corrected chi connectivity index (χ1v) is 13.6. The number of tetrazole rings is 1. The zero-order valence-electron chi connectivity index (χ0n) is 20.5. The highest BCUT2D eigenvalue weighted by atomic mass is 32.2. The minimum absolute atomic E-state index is 0.0195. The third-order valence-corrected chi connectivity index (χ3v) is 8.34. The van der Waals surface area contributed by atoms with E-state index in [0.717, 1.165) is 44.6 Å². The van der Waals surface area contributed by atoms with Crippen LogP contribution in [0, 0.1) is 20.8 Å². The van der Waals surface area contributed by atoms with Gasteiger partial charge in [-0.05, 0) is 66.9 Å². The molecule has 1 aromatic heterocycles. The van der Waals surface area contributed by atoms with Crippen molar-refractivity contribution in [2.45, 2.75) is 57.4 Å². The number of piperazine rings is 1. The number of aromatic nitrogens is 4. The Morgan fingerprint density at radius 1 is 0.971 bits per heavy atom. The predicted octanol–water partition coefficient (Wildman–Crippen LogP) is 3.69. The summed E-state index contributed by atoms with van der Waals surface area (Å²) in [5, 5.41) is 12.2. The molecule has 0 radical (unpaired) electrons. The third kappa shape index (κ3) is 5.15. The Morgan fingerprint density at radius 3 is 2.35 bits per heavy atom. The highest BCUT2D eigenvalue weighted by Crippen LogP contribution is 2.29. The molecule has 0 spiro atoms. The van der Waals surface area contributed by atoms with Gasteiger partial charge in [-0.1, -0.05) is 43.2 Å². The largest absolute Gasteiger partial charge is 0.369 e. The average molecular weight is 483 g/mol. The van der Waals surface area contributed by atoms with Crippen LogP contribution in [0.25, 0.3) is 0 Å². The van der Waals surface area contributed by atoms with Gasteiger partial charge < -0.3 is 4.90 Å². The molecule has 3 aromatic rings. The van der Waals surface area contributed by atoms with Crippen LogP contribution in [0.15, 0.2) is 47.4 Å². The van der Waals surface area contributed by atoms with Crippen LogP contribution < -0.4 is 4.90 Å². The molecule has 1 aliphatic heterocycles.